The number of anilines is 1. The number of nitriles is 1. The molecule has 0 aliphatic heterocycles. The Morgan fingerprint density at radius 2 is 2.00 bits per heavy atom. The normalized spacial score (nSPS) is 10.4. The van der Waals surface area contributed by atoms with E-state index in [-0.39, 0.29) is 5.91 Å². The average Bonchev–Trinajstić information content (AvgIpc) is 2.56. The molecule has 110 valence electrons. The maximum Gasteiger partial charge on any atom is 0.255 e. The second-order valence-electron chi connectivity index (χ2n) is 4.96. The van der Waals surface area contributed by atoms with Crippen LogP contribution in [0.5, 0.6) is 0 Å². The van der Waals surface area contributed by atoms with Crippen LogP contribution in [0.1, 0.15) is 41.3 Å². The average molecular weight is 290 g/mol. The van der Waals surface area contributed by atoms with E-state index in [1.807, 2.05) is 12.1 Å². The Morgan fingerprint density at radius 1 is 1.23 bits per heavy atom. The molecule has 1 amide bonds. The molecule has 2 aromatic carbocycles. The van der Waals surface area contributed by atoms with Gasteiger partial charge in [-0.05, 0) is 42.3 Å². The number of allylic oxidation sites excluding steroid dienone is 1. The zero-order valence-electron chi connectivity index (χ0n) is 12.5. The van der Waals surface area contributed by atoms with Crippen molar-refractivity contribution in [3.63, 3.8) is 0 Å². The molecule has 0 fully saturated rings. The summed E-state index contributed by atoms with van der Waals surface area (Å²) in [6.07, 6.45) is 6.36. The van der Waals surface area contributed by atoms with Gasteiger partial charge in [-0.2, -0.15) is 5.26 Å². The van der Waals surface area contributed by atoms with Crippen LogP contribution in [0.4, 0.5) is 5.69 Å². The maximum atomic E-state index is 12.2. The largest absolute Gasteiger partial charge is 0.322 e. The summed E-state index contributed by atoms with van der Waals surface area (Å²) in [5.74, 6) is -0.181. The number of amides is 1. The molecular weight excluding hydrogens is 272 g/mol. The second-order valence-corrected chi connectivity index (χ2v) is 4.96. The van der Waals surface area contributed by atoms with Crippen LogP contribution in [0, 0.1) is 11.3 Å². The minimum absolute atomic E-state index is 0.181. The molecule has 2 rings (SSSR count). The third kappa shape index (κ3) is 4.32. The quantitative estimate of drug-likeness (QED) is 0.873. The van der Waals surface area contributed by atoms with Crippen LogP contribution in [-0.2, 0) is 0 Å². The van der Waals surface area contributed by atoms with E-state index >= 15 is 0 Å². The summed E-state index contributed by atoms with van der Waals surface area (Å²) in [5, 5.41) is 11.7. The highest BCUT2D eigenvalue weighted by molar-refractivity contribution is 6.04. The summed E-state index contributed by atoms with van der Waals surface area (Å²) < 4.78 is 0. The van der Waals surface area contributed by atoms with Gasteiger partial charge in [0.25, 0.3) is 5.91 Å². The Morgan fingerprint density at radius 3 is 2.68 bits per heavy atom. The van der Waals surface area contributed by atoms with Crippen molar-refractivity contribution in [1.82, 2.24) is 0 Å². The summed E-state index contributed by atoms with van der Waals surface area (Å²) in [4.78, 5) is 12.2. The number of hydrogen-bond donors (Lipinski definition) is 1. The number of nitrogens with zero attached hydrogens (tertiary/aromatic N) is 1. The van der Waals surface area contributed by atoms with Crippen LogP contribution >= 0.6 is 0 Å². The predicted octanol–water partition coefficient (Wildman–Crippen LogP) is 4.62. The van der Waals surface area contributed by atoms with Gasteiger partial charge in [-0.1, -0.05) is 43.7 Å². The fourth-order valence-electron chi connectivity index (χ4n) is 2.00. The predicted molar refractivity (Wildman–Crippen MR) is 89.5 cm³/mol. The number of rotatable bonds is 5. The molecule has 0 radical (unpaired) electrons. The van der Waals surface area contributed by atoms with Crippen LogP contribution in [0.3, 0.4) is 0 Å². The lowest BCUT2D eigenvalue weighted by Gasteiger charge is -2.05. The zero-order valence-corrected chi connectivity index (χ0v) is 12.5. The maximum absolute atomic E-state index is 12.2. The molecule has 0 aliphatic rings. The van der Waals surface area contributed by atoms with Crippen LogP contribution in [0.2, 0.25) is 0 Å². The standard InChI is InChI=1S/C19H18N2O/c1-2-3-4-6-15-9-11-17(12-10-15)19(22)21-18-8-5-7-16(13-18)14-20/h4-13H,2-3H2,1H3,(H,21,22). The van der Waals surface area contributed by atoms with Crippen molar-refractivity contribution >= 4 is 17.7 Å². The van der Waals surface area contributed by atoms with E-state index in [4.69, 9.17) is 5.26 Å². The first kappa shape index (κ1) is 15.5. The minimum Gasteiger partial charge on any atom is -0.322 e. The molecule has 0 heterocycles. The first-order valence-electron chi connectivity index (χ1n) is 7.31. The molecule has 0 spiro atoms. The Balaban J connectivity index is 2.05. The van der Waals surface area contributed by atoms with Crippen molar-refractivity contribution in [1.29, 1.82) is 5.26 Å². The van der Waals surface area contributed by atoms with Gasteiger partial charge in [-0.25, -0.2) is 0 Å². The minimum atomic E-state index is -0.181. The smallest absolute Gasteiger partial charge is 0.255 e. The highest BCUT2D eigenvalue weighted by Gasteiger charge is 2.06. The van der Waals surface area contributed by atoms with Crippen molar-refractivity contribution in [3.05, 3.63) is 71.3 Å². The summed E-state index contributed by atoms with van der Waals surface area (Å²) in [6, 6.07) is 16.4. The van der Waals surface area contributed by atoms with Gasteiger partial charge in [0.2, 0.25) is 0 Å². The van der Waals surface area contributed by atoms with E-state index in [9.17, 15) is 4.79 Å². The van der Waals surface area contributed by atoms with E-state index in [1.54, 1.807) is 36.4 Å². The lowest BCUT2D eigenvalue weighted by atomic mass is 10.1. The summed E-state index contributed by atoms with van der Waals surface area (Å²) >= 11 is 0. The molecule has 0 bridgehead atoms. The fourth-order valence-corrected chi connectivity index (χ4v) is 2.00. The molecule has 0 unspecified atom stereocenters. The summed E-state index contributed by atoms with van der Waals surface area (Å²) in [5.41, 5.74) is 2.82. The summed E-state index contributed by atoms with van der Waals surface area (Å²) in [7, 11) is 0. The molecule has 0 aliphatic carbocycles. The molecule has 3 heteroatoms. The Bertz CT molecular complexity index is 709. The molecule has 22 heavy (non-hydrogen) atoms. The monoisotopic (exact) mass is 290 g/mol. The Kier molecular flexibility index (Phi) is 5.50. The van der Waals surface area contributed by atoms with E-state index in [0.717, 1.165) is 18.4 Å². The number of benzene rings is 2. The van der Waals surface area contributed by atoms with Crippen LogP contribution in [-0.4, -0.2) is 5.91 Å². The van der Waals surface area contributed by atoms with Gasteiger partial charge in [0.05, 0.1) is 11.6 Å². The molecule has 0 saturated carbocycles. The second kappa shape index (κ2) is 7.80. The Hall–Kier alpha value is -2.86. The van der Waals surface area contributed by atoms with Crippen molar-refractivity contribution < 1.29 is 4.79 Å². The van der Waals surface area contributed by atoms with Gasteiger partial charge in [-0.3, -0.25) is 4.79 Å². The number of hydrogen-bond acceptors (Lipinski definition) is 2. The van der Waals surface area contributed by atoms with Gasteiger partial charge < -0.3 is 5.32 Å². The lowest BCUT2D eigenvalue weighted by molar-refractivity contribution is 0.102. The molecule has 2 aromatic rings. The van der Waals surface area contributed by atoms with Gasteiger partial charge in [0.1, 0.15) is 0 Å². The van der Waals surface area contributed by atoms with Crippen LogP contribution in [0.25, 0.3) is 6.08 Å². The van der Waals surface area contributed by atoms with E-state index < -0.39 is 0 Å². The molecule has 3 nitrogen and oxygen atoms in total. The third-order valence-electron chi connectivity index (χ3n) is 3.19. The number of nitrogens with one attached hydrogen (secondary N) is 1. The lowest BCUT2D eigenvalue weighted by Crippen LogP contribution is -2.11. The van der Waals surface area contributed by atoms with Gasteiger partial charge in [-0.15, -0.1) is 0 Å². The van der Waals surface area contributed by atoms with E-state index in [0.29, 0.717) is 16.8 Å². The molecule has 0 aromatic heterocycles. The molecule has 1 N–H and O–H groups in total. The number of carbonyl (C=O) groups is 1. The van der Waals surface area contributed by atoms with Gasteiger partial charge >= 0.3 is 0 Å². The van der Waals surface area contributed by atoms with E-state index in [1.165, 1.54) is 0 Å². The highest BCUT2D eigenvalue weighted by Crippen LogP contribution is 2.13. The fraction of sp³-hybridized carbons (Fsp3) is 0.158. The third-order valence-corrected chi connectivity index (χ3v) is 3.19. The van der Waals surface area contributed by atoms with Gasteiger partial charge in [0, 0.05) is 11.3 Å². The number of unbranched alkanes of at least 4 members (excludes halogenated alkanes) is 1. The first-order chi connectivity index (χ1) is 10.7. The summed E-state index contributed by atoms with van der Waals surface area (Å²) in [6.45, 7) is 2.14. The first-order valence-corrected chi connectivity index (χ1v) is 7.31. The SMILES string of the molecule is CCCC=Cc1ccc(C(=O)Nc2cccc(C#N)c2)cc1. The van der Waals surface area contributed by atoms with E-state index in [2.05, 4.69) is 30.5 Å². The van der Waals surface area contributed by atoms with Crippen molar-refractivity contribution in [3.8, 4) is 6.07 Å². The zero-order chi connectivity index (χ0) is 15.8. The van der Waals surface area contributed by atoms with Crippen molar-refractivity contribution in [2.75, 3.05) is 5.32 Å². The van der Waals surface area contributed by atoms with Crippen LogP contribution in [0.15, 0.2) is 54.6 Å². The highest BCUT2D eigenvalue weighted by atomic mass is 16.1. The topological polar surface area (TPSA) is 52.9 Å². The molecule has 0 atom stereocenters. The Labute approximate surface area is 130 Å². The molecular formula is C19H18N2O. The van der Waals surface area contributed by atoms with Crippen molar-refractivity contribution in [2.24, 2.45) is 0 Å². The molecule has 0 saturated heterocycles. The van der Waals surface area contributed by atoms with Gasteiger partial charge in [0.15, 0.2) is 0 Å². The number of carbonyl (C=O) groups excluding carboxylic acids is 1. The van der Waals surface area contributed by atoms with Crippen LogP contribution < -0.4 is 5.32 Å². The van der Waals surface area contributed by atoms with Crippen molar-refractivity contribution in [2.45, 2.75) is 19.8 Å².